The lowest BCUT2D eigenvalue weighted by molar-refractivity contribution is 0.760. The zero-order valence-electron chi connectivity index (χ0n) is 14.0. The molecule has 0 amide bonds. The van der Waals surface area contributed by atoms with Crippen LogP contribution in [0.2, 0.25) is 0 Å². The van der Waals surface area contributed by atoms with Crippen molar-refractivity contribution < 1.29 is 0 Å². The first-order chi connectivity index (χ1) is 12.6. The zero-order chi connectivity index (χ0) is 18.1. The molecule has 0 bridgehead atoms. The highest BCUT2D eigenvalue weighted by Gasteiger charge is 2.20. The fraction of sp³-hybridized carbons (Fsp3) is 0.118. The Labute approximate surface area is 149 Å². The Bertz CT molecular complexity index is 1060. The van der Waals surface area contributed by atoms with Crippen molar-refractivity contribution in [1.82, 2.24) is 29.5 Å². The minimum atomic E-state index is -0.234. The van der Waals surface area contributed by atoms with E-state index in [0.29, 0.717) is 17.2 Å². The molecule has 9 nitrogen and oxygen atoms in total. The van der Waals surface area contributed by atoms with Crippen LogP contribution in [-0.4, -0.2) is 29.5 Å². The molecule has 4 aromatic rings. The Balaban J connectivity index is 1.82. The summed E-state index contributed by atoms with van der Waals surface area (Å²) in [5, 5.41) is 3.24. The second kappa shape index (κ2) is 6.28. The van der Waals surface area contributed by atoms with Gasteiger partial charge in [0.2, 0.25) is 0 Å². The first kappa shape index (κ1) is 15.8. The third kappa shape index (κ3) is 2.65. The van der Waals surface area contributed by atoms with Crippen molar-refractivity contribution in [1.29, 1.82) is 0 Å². The van der Waals surface area contributed by atoms with E-state index in [-0.39, 0.29) is 11.9 Å². The number of hydrogen-bond donors (Lipinski definition) is 3. The van der Waals surface area contributed by atoms with Crippen molar-refractivity contribution in [2.45, 2.75) is 13.0 Å². The number of nitrogens with zero attached hydrogens (tertiary/aromatic N) is 6. The van der Waals surface area contributed by atoms with Crippen molar-refractivity contribution in [3.8, 4) is 5.82 Å². The van der Waals surface area contributed by atoms with Crippen LogP contribution in [0.15, 0.2) is 49.1 Å². The van der Waals surface area contributed by atoms with E-state index in [0.717, 1.165) is 17.2 Å². The van der Waals surface area contributed by atoms with E-state index in [1.54, 1.807) is 12.4 Å². The molecule has 0 saturated carbocycles. The maximum absolute atomic E-state index is 5.97. The van der Waals surface area contributed by atoms with Crippen LogP contribution in [0, 0.1) is 0 Å². The standard InChI is InChI=1S/C17H17N9/c1-10(24-16-13(18)14(19)22-9-23-16)17-25-15-11(5-4-8-21-15)26(17)12-6-2-3-7-20-12/h2-10H,18H2,1H3,(H3,19,22,23,24)/t10-/m0/s1. The summed E-state index contributed by atoms with van der Waals surface area (Å²) in [6.07, 6.45) is 4.82. The van der Waals surface area contributed by atoms with Gasteiger partial charge in [-0.3, -0.25) is 4.57 Å². The number of hydrogen-bond acceptors (Lipinski definition) is 8. The Kier molecular flexibility index (Phi) is 3.81. The predicted molar refractivity (Wildman–Crippen MR) is 99.6 cm³/mol. The predicted octanol–water partition coefficient (Wildman–Crippen LogP) is 1.94. The fourth-order valence-corrected chi connectivity index (χ4v) is 2.74. The molecule has 0 aromatic carbocycles. The van der Waals surface area contributed by atoms with E-state index in [4.69, 9.17) is 11.5 Å². The minimum absolute atomic E-state index is 0.231. The highest BCUT2D eigenvalue weighted by Crippen LogP contribution is 2.27. The number of nitrogens with two attached hydrogens (primary N) is 2. The Morgan fingerprint density at radius 2 is 1.85 bits per heavy atom. The van der Waals surface area contributed by atoms with Gasteiger partial charge in [-0.15, -0.1) is 0 Å². The van der Waals surface area contributed by atoms with Crippen LogP contribution in [0.1, 0.15) is 18.8 Å². The second-order valence-corrected chi connectivity index (χ2v) is 5.73. The summed E-state index contributed by atoms with van der Waals surface area (Å²) >= 11 is 0. The molecule has 0 aliphatic carbocycles. The maximum Gasteiger partial charge on any atom is 0.178 e. The molecule has 0 aliphatic rings. The third-order valence-electron chi connectivity index (χ3n) is 3.99. The van der Waals surface area contributed by atoms with Gasteiger partial charge in [-0.25, -0.2) is 24.9 Å². The highest BCUT2D eigenvalue weighted by atomic mass is 15.2. The summed E-state index contributed by atoms with van der Waals surface area (Å²) in [6, 6.07) is 9.30. The summed E-state index contributed by atoms with van der Waals surface area (Å²) in [4.78, 5) is 21.5. The van der Waals surface area contributed by atoms with Gasteiger partial charge < -0.3 is 16.8 Å². The van der Waals surface area contributed by atoms with Crippen molar-refractivity contribution in [3.63, 3.8) is 0 Å². The van der Waals surface area contributed by atoms with Crippen LogP contribution in [-0.2, 0) is 0 Å². The van der Waals surface area contributed by atoms with Gasteiger partial charge in [-0.05, 0) is 31.2 Å². The molecule has 0 fully saturated rings. The molecule has 4 rings (SSSR count). The van der Waals surface area contributed by atoms with Crippen LogP contribution >= 0.6 is 0 Å². The van der Waals surface area contributed by atoms with Gasteiger partial charge in [0.05, 0.1) is 11.6 Å². The Hall–Kier alpha value is -3.75. The van der Waals surface area contributed by atoms with Crippen LogP contribution in [0.3, 0.4) is 0 Å². The van der Waals surface area contributed by atoms with Gasteiger partial charge in [0, 0.05) is 12.4 Å². The van der Waals surface area contributed by atoms with Crippen LogP contribution in [0.5, 0.6) is 0 Å². The topological polar surface area (TPSA) is 133 Å². The number of nitrogens with one attached hydrogen (secondary N) is 1. The lowest BCUT2D eigenvalue weighted by atomic mass is 10.3. The molecule has 0 saturated heterocycles. The van der Waals surface area contributed by atoms with E-state index in [1.807, 2.05) is 41.8 Å². The molecule has 130 valence electrons. The third-order valence-corrected chi connectivity index (χ3v) is 3.99. The maximum atomic E-state index is 5.97. The van der Waals surface area contributed by atoms with E-state index >= 15 is 0 Å². The summed E-state index contributed by atoms with van der Waals surface area (Å²) in [7, 11) is 0. The van der Waals surface area contributed by atoms with Crippen molar-refractivity contribution in [2.24, 2.45) is 0 Å². The normalized spacial score (nSPS) is 12.2. The molecule has 0 unspecified atom stereocenters. The number of anilines is 3. The number of aromatic nitrogens is 6. The van der Waals surface area contributed by atoms with Gasteiger partial charge >= 0.3 is 0 Å². The quantitative estimate of drug-likeness (QED) is 0.510. The Morgan fingerprint density at radius 3 is 2.65 bits per heavy atom. The number of rotatable bonds is 4. The zero-order valence-corrected chi connectivity index (χ0v) is 14.0. The second-order valence-electron chi connectivity index (χ2n) is 5.73. The number of imidazole rings is 1. The largest absolute Gasteiger partial charge is 0.393 e. The van der Waals surface area contributed by atoms with E-state index in [1.165, 1.54) is 6.33 Å². The average Bonchev–Trinajstić information content (AvgIpc) is 3.06. The van der Waals surface area contributed by atoms with Crippen LogP contribution in [0.25, 0.3) is 17.0 Å². The molecular weight excluding hydrogens is 330 g/mol. The molecule has 26 heavy (non-hydrogen) atoms. The van der Waals surface area contributed by atoms with Crippen molar-refractivity contribution >= 4 is 28.5 Å². The Morgan fingerprint density at radius 1 is 1.00 bits per heavy atom. The summed E-state index contributed by atoms with van der Waals surface area (Å²) < 4.78 is 1.96. The van der Waals surface area contributed by atoms with Crippen molar-refractivity contribution in [2.75, 3.05) is 16.8 Å². The summed E-state index contributed by atoms with van der Waals surface area (Å²) in [6.45, 7) is 1.96. The summed E-state index contributed by atoms with van der Waals surface area (Å²) in [5.41, 5.74) is 13.5. The van der Waals surface area contributed by atoms with E-state index < -0.39 is 0 Å². The molecule has 1 atom stereocenters. The molecule has 5 N–H and O–H groups in total. The first-order valence-electron chi connectivity index (χ1n) is 8.02. The highest BCUT2D eigenvalue weighted by molar-refractivity contribution is 5.75. The fourth-order valence-electron chi connectivity index (χ4n) is 2.74. The van der Waals surface area contributed by atoms with Gasteiger partial charge in [0.15, 0.2) is 17.3 Å². The number of pyridine rings is 2. The lowest BCUT2D eigenvalue weighted by Gasteiger charge is -2.17. The summed E-state index contributed by atoms with van der Waals surface area (Å²) in [5.74, 6) is 2.17. The lowest BCUT2D eigenvalue weighted by Crippen LogP contribution is -2.16. The molecule has 9 heteroatoms. The average molecular weight is 347 g/mol. The molecule has 0 radical (unpaired) electrons. The van der Waals surface area contributed by atoms with Crippen LogP contribution < -0.4 is 16.8 Å². The minimum Gasteiger partial charge on any atom is -0.393 e. The monoisotopic (exact) mass is 347 g/mol. The van der Waals surface area contributed by atoms with Gasteiger partial charge in [-0.1, -0.05) is 6.07 Å². The smallest absolute Gasteiger partial charge is 0.178 e. The first-order valence-corrected chi connectivity index (χ1v) is 8.02. The molecule has 4 aromatic heterocycles. The molecule has 0 aliphatic heterocycles. The van der Waals surface area contributed by atoms with Gasteiger partial charge in [0.1, 0.15) is 23.7 Å². The number of nitrogen functional groups attached to an aromatic ring is 2. The van der Waals surface area contributed by atoms with E-state index in [2.05, 4.69) is 30.2 Å². The number of fused-ring (bicyclic) bond motifs is 1. The van der Waals surface area contributed by atoms with E-state index in [9.17, 15) is 0 Å². The molecular formula is C17H17N9. The molecule has 4 heterocycles. The van der Waals surface area contributed by atoms with Gasteiger partial charge in [0.25, 0.3) is 0 Å². The van der Waals surface area contributed by atoms with Gasteiger partial charge in [-0.2, -0.15) is 0 Å². The SMILES string of the molecule is C[C@H](Nc1ncnc(N)c1N)c1nc2ncccc2n1-c1ccccn1. The van der Waals surface area contributed by atoms with Crippen LogP contribution in [0.4, 0.5) is 17.3 Å². The van der Waals surface area contributed by atoms with Crippen molar-refractivity contribution in [3.05, 3.63) is 54.9 Å². The molecule has 0 spiro atoms.